The molecule has 1 heterocycles. The predicted octanol–water partition coefficient (Wildman–Crippen LogP) is 4.33. The number of hydrogen-bond acceptors (Lipinski definition) is 2. The second-order valence-corrected chi connectivity index (χ2v) is 5.92. The molecule has 0 aliphatic rings. The van der Waals surface area contributed by atoms with Crippen LogP contribution in [0.1, 0.15) is 20.8 Å². The van der Waals surface area contributed by atoms with E-state index in [9.17, 15) is 13.6 Å². The van der Waals surface area contributed by atoms with Crippen LogP contribution in [0.15, 0.2) is 28.1 Å². The average Bonchev–Trinajstić information content (AvgIpc) is 2.57. The summed E-state index contributed by atoms with van der Waals surface area (Å²) in [7, 11) is 0. The van der Waals surface area contributed by atoms with Gasteiger partial charge in [-0.3, -0.25) is 4.79 Å². The van der Waals surface area contributed by atoms with Crippen LogP contribution in [0.2, 0.25) is 0 Å². The Morgan fingerprint density at radius 3 is 2.24 bits per heavy atom. The van der Waals surface area contributed by atoms with Crippen LogP contribution in [0.25, 0.3) is 0 Å². The molecule has 0 radical (unpaired) electrons. The highest BCUT2D eigenvalue weighted by Gasteiger charge is 2.15. The van der Waals surface area contributed by atoms with Crippen molar-refractivity contribution in [2.45, 2.75) is 6.92 Å². The first-order chi connectivity index (χ1) is 7.97. The van der Waals surface area contributed by atoms with Gasteiger partial charge >= 0.3 is 0 Å². The molecule has 1 aromatic heterocycles. The number of halogens is 3. The van der Waals surface area contributed by atoms with Crippen LogP contribution in [0, 0.1) is 18.6 Å². The second-order valence-electron chi connectivity index (χ2n) is 3.55. The highest BCUT2D eigenvalue weighted by molar-refractivity contribution is 9.11. The average molecular weight is 317 g/mol. The van der Waals surface area contributed by atoms with Crippen molar-refractivity contribution < 1.29 is 13.6 Å². The van der Waals surface area contributed by atoms with E-state index in [1.165, 1.54) is 11.3 Å². The number of carbonyl (C=O) groups excluding carboxylic acids is 1. The second kappa shape index (κ2) is 4.66. The molecule has 2 rings (SSSR count). The molecule has 0 aliphatic heterocycles. The summed E-state index contributed by atoms with van der Waals surface area (Å²) in [6, 6.07) is 4.51. The lowest BCUT2D eigenvalue weighted by Gasteiger charge is -1.99. The van der Waals surface area contributed by atoms with E-state index in [4.69, 9.17) is 0 Å². The zero-order valence-electron chi connectivity index (χ0n) is 8.76. The SMILES string of the molecule is Cc1cc(C(=O)c2cc(F)cc(F)c2)sc1Br. The van der Waals surface area contributed by atoms with Crippen molar-refractivity contribution >= 4 is 33.0 Å². The van der Waals surface area contributed by atoms with Gasteiger partial charge in [-0.05, 0) is 46.6 Å². The molecule has 0 spiro atoms. The standard InChI is InChI=1S/C12H7BrF2OS/c1-6-2-10(17-12(6)13)11(16)7-3-8(14)5-9(15)4-7/h2-5H,1H3. The Labute approximate surface area is 109 Å². The van der Waals surface area contributed by atoms with Crippen LogP contribution < -0.4 is 0 Å². The van der Waals surface area contributed by atoms with Gasteiger partial charge in [0, 0.05) is 11.6 Å². The van der Waals surface area contributed by atoms with Crippen LogP contribution in [-0.2, 0) is 0 Å². The summed E-state index contributed by atoms with van der Waals surface area (Å²) in [5, 5.41) is 0. The lowest BCUT2D eigenvalue weighted by molar-refractivity contribution is 0.104. The van der Waals surface area contributed by atoms with Crippen molar-refractivity contribution in [3.05, 3.63) is 55.7 Å². The number of benzene rings is 1. The molecule has 1 nitrogen and oxygen atoms in total. The molecule has 0 amide bonds. The van der Waals surface area contributed by atoms with Crippen LogP contribution in [-0.4, -0.2) is 5.78 Å². The predicted molar refractivity (Wildman–Crippen MR) is 66.5 cm³/mol. The smallest absolute Gasteiger partial charge is 0.203 e. The molecule has 0 unspecified atom stereocenters. The summed E-state index contributed by atoms with van der Waals surface area (Å²) >= 11 is 4.56. The van der Waals surface area contributed by atoms with Crippen molar-refractivity contribution in [1.29, 1.82) is 0 Å². The van der Waals surface area contributed by atoms with Gasteiger partial charge in [0.2, 0.25) is 5.78 Å². The van der Waals surface area contributed by atoms with Crippen molar-refractivity contribution in [2.75, 3.05) is 0 Å². The Morgan fingerprint density at radius 1 is 1.18 bits per heavy atom. The highest BCUT2D eigenvalue weighted by atomic mass is 79.9. The lowest BCUT2D eigenvalue weighted by atomic mass is 10.1. The summed E-state index contributed by atoms with van der Waals surface area (Å²) in [6.45, 7) is 1.85. The summed E-state index contributed by atoms with van der Waals surface area (Å²) in [5.74, 6) is -1.87. The van der Waals surface area contributed by atoms with Gasteiger partial charge in [0.05, 0.1) is 8.66 Å². The number of ketones is 1. The number of aryl methyl sites for hydroxylation is 1. The van der Waals surface area contributed by atoms with Crippen LogP contribution >= 0.6 is 27.3 Å². The summed E-state index contributed by atoms with van der Waals surface area (Å²) < 4.78 is 26.8. The van der Waals surface area contributed by atoms with Gasteiger partial charge in [0.15, 0.2) is 0 Å². The Kier molecular flexibility index (Phi) is 3.40. The first-order valence-electron chi connectivity index (χ1n) is 4.74. The molecular weight excluding hydrogens is 310 g/mol. The van der Waals surface area contributed by atoms with E-state index in [1.54, 1.807) is 6.07 Å². The molecule has 0 fully saturated rings. The molecule has 0 aliphatic carbocycles. The monoisotopic (exact) mass is 316 g/mol. The van der Waals surface area contributed by atoms with E-state index in [1.807, 2.05) is 6.92 Å². The molecule has 0 saturated heterocycles. The van der Waals surface area contributed by atoms with Crippen molar-refractivity contribution in [3.63, 3.8) is 0 Å². The minimum absolute atomic E-state index is 0.0243. The van der Waals surface area contributed by atoms with Crippen molar-refractivity contribution in [1.82, 2.24) is 0 Å². The third-order valence-corrected chi connectivity index (χ3v) is 4.34. The van der Waals surface area contributed by atoms with E-state index in [0.29, 0.717) is 4.88 Å². The van der Waals surface area contributed by atoms with Crippen molar-refractivity contribution in [2.24, 2.45) is 0 Å². The van der Waals surface area contributed by atoms with Gasteiger partial charge in [0.1, 0.15) is 11.6 Å². The van der Waals surface area contributed by atoms with E-state index >= 15 is 0 Å². The van der Waals surface area contributed by atoms with E-state index in [0.717, 1.165) is 27.5 Å². The Hall–Kier alpha value is -1.07. The topological polar surface area (TPSA) is 17.1 Å². The summed E-state index contributed by atoms with van der Waals surface area (Å²) in [4.78, 5) is 12.4. The maximum Gasteiger partial charge on any atom is 0.203 e. The van der Waals surface area contributed by atoms with Gasteiger partial charge < -0.3 is 0 Å². The maximum absolute atomic E-state index is 13.0. The normalized spacial score (nSPS) is 10.6. The van der Waals surface area contributed by atoms with Gasteiger partial charge in [-0.1, -0.05) is 0 Å². The maximum atomic E-state index is 13.0. The first kappa shape index (κ1) is 12.4. The Morgan fingerprint density at radius 2 is 1.76 bits per heavy atom. The van der Waals surface area contributed by atoms with E-state index in [-0.39, 0.29) is 11.3 Å². The number of rotatable bonds is 2. The highest BCUT2D eigenvalue weighted by Crippen LogP contribution is 2.29. The molecule has 1 aromatic carbocycles. The van der Waals surface area contributed by atoms with Crippen LogP contribution in [0.5, 0.6) is 0 Å². The van der Waals surface area contributed by atoms with E-state index in [2.05, 4.69) is 15.9 Å². The first-order valence-corrected chi connectivity index (χ1v) is 6.35. The molecule has 17 heavy (non-hydrogen) atoms. The van der Waals surface area contributed by atoms with Gasteiger partial charge in [0.25, 0.3) is 0 Å². The third kappa shape index (κ3) is 2.61. The molecule has 0 bridgehead atoms. The van der Waals surface area contributed by atoms with Gasteiger partial charge in [-0.15, -0.1) is 11.3 Å². The van der Waals surface area contributed by atoms with Crippen LogP contribution in [0.3, 0.4) is 0 Å². The lowest BCUT2D eigenvalue weighted by Crippen LogP contribution is -2.00. The van der Waals surface area contributed by atoms with Crippen molar-refractivity contribution in [3.8, 4) is 0 Å². The fourth-order valence-corrected chi connectivity index (χ4v) is 2.90. The zero-order chi connectivity index (χ0) is 12.6. The summed E-state index contributed by atoms with van der Waals surface area (Å²) in [5.41, 5.74) is 0.950. The molecule has 5 heteroatoms. The molecule has 0 N–H and O–H groups in total. The Balaban J connectivity index is 2.43. The van der Waals surface area contributed by atoms with Crippen LogP contribution in [0.4, 0.5) is 8.78 Å². The van der Waals surface area contributed by atoms with E-state index < -0.39 is 11.6 Å². The molecular formula is C12H7BrF2OS. The number of carbonyl (C=O) groups is 1. The third-order valence-electron chi connectivity index (χ3n) is 2.21. The molecule has 0 saturated carbocycles. The molecule has 0 atom stereocenters. The quantitative estimate of drug-likeness (QED) is 0.754. The minimum Gasteiger partial charge on any atom is -0.288 e. The molecule has 2 aromatic rings. The number of hydrogen-bond donors (Lipinski definition) is 0. The van der Waals surface area contributed by atoms with Gasteiger partial charge in [-0.2, -0.15) is 0 Å². The fourth-order valence-electron chi connectivity index (χ4n) is 1.40. The largest absolute Gasteiger partial charge is 0.288 e. The Bertz CT molecular complexity index is 552. The molecule has 88 valence electrons. The number of thiophene rings is 1. The minimum atomic E-state index is -0.749. The zero-order valence-corrected chi connectivity index (χ0v) is 11.2. The summed E-state index contributed by atoms with van der Waals surface area (Å²) in [6.07, 6.45) is 0. The fraction of sp³-hybridized carbons (Fsp3) is 0.0833. The van der Waals surface area contributed by atoms with Gasteiger partial charge in [-0.25, -0.2) is 8.78 Å².